The molecule has 15 heteroatoms. The van der Waals surface area contributed by atoms with Crippen molar-refractivity contribution in [3.63, 3.8) is 0 Å². The van der Waals surface area contributed by atoms with Crippen LogP contribution >= 0.6 is 35.3 Å². The summed E-state index contributed by atoms with van der Waals surface area (Å²) in [5, 5.41) is 12.8. The summed E-state index contributed by atoms with van der Waals surface area (Å²) in [4.78, 5) is 33.6. The summed E-state index contributed by atoms with van der Waals surface area (Å²) in [6.45, 7) is 8.92. The van der Waals surface area contributed by atoms with E-state index in [0.717, 1.165) is 11.1 Å². The van der Waals surface area contributed by atoms with Gasteiger partial charge < -0.3 is 24.1 Å². The molecule has 0 radical (unpaired) electrons. The van der Waals surface area contributed by atoms with E-state index in [2.05, 4.69) is 30.2 Å². The molecule has 2 N–H and O–H groups in total. The quantitative estimate of drug-likeness (QED) is 0.118. The molecule has 12 nitrogen and oxygen atoms in total. The summed E-state index contributed by atoms with van der Waals surface area (Å²) in [6, 6.07) is 6.80. The van der Waals surface area contributed by atoms with Crippen LogP contribution in [0.15, 0.2) is 42.9 Å². The van der Waals surface area contributed by atoms with Crippen LogP contribution in [0.25, 0.3) is 31.8 Å². The SMILES string of the molecule is CC.COc1cnc2c(-c3nc4cc(F)c(OCCOC(=O)Nc5cnc(OCC(C)(C)O)nc5)cc4s3)cc(C)cc2n1.I. The predicted octanol–water partition coefficient (Wildman–Crippen LogP) is 6.57. The Morgan fingerprint density at radius 2 is 1.73 bits per heavy atom. The second kappa shape index (κ2) is 15.9. The van der Waals surface area contributed by atoms with E-state index < -0.39 is 17.5 Å². The van der Waals surface area contributed by atoms with Crippen molar-refractivity contribution in [2.75, 3.05) is 32.2 Å². The average molecular weight is 753 g/mol. The van der Waals surface area contributed by atoms with Gasteiger partial charge in [0, 0.05) is 17.7 Å². The fraction of sp³-hybridized carbons (Fsp3) is 0.333. The lowest BCUT2D eigenvalue weighted by molar-refractivity contribution is 0.0250. The Bertz CT molecular complexity index is 1750. The number of hydrogen-bond acceptors (Lipinski definition) is 12. The second-order valence-electron chi connectivity index (χ2n) is 9.83. The molecule has 2 aromatic carbocycles. The predicted molar refractivity (Wildman–Crippen MR) is 180 cm³/mol. The molecule has 1 amide bonds. The summed E-state index contributed by atoms with van der Waals surface area (Å²) in [5.41, 5.74) is 2.81. The van der Waals surface area contributed by atoms with Gasteiger partial charge in [-0.2, -0.15) is 0 Å². The number of methoxy groups -OCH3 is 1. The molecular formula is C30H34FIN6O6S. The molecule has 0 saturated heterocycles. The van der Waals surface area contributed by atoms with Gasteiger partial charge in [0.2, 0.25) is 5.88 Å². The number of carbonyl (C=O) groups excluding carboxylic acids is 1. The van der Waals surface area contributed by atoms with Gasteiger partial charge in [-0.3, -0.25) is 5.32 Å². The molecule has 0 unspecified atom stereocenters. The Hall–Kier alpha value is -3.96. The Balaban J connectivity index is 0.00000180. The number of hydrogen-bond donors (Lipinski definition) is 2. The smallest absolute Gasteiger partial charge is 0.411 e. The van der Waals surface area contributed by atoms with Gasteiger partial charge in [0.1, 0.15) is 24.8 Å². The van der Waals surface area contributed by atoms with Crippen LogP contribution in [0.3, 0.4) is 0 Å². The molecule has 240 valence electrons. The first-order chi connectivity index (χ1) is 21.1. The molecule has 3 aromatic heterocycles. The minimum Gasteiger partial charge on any atom is -0.487 e. The number of halogens is 2. The van der Waals surface area contributed by atoms with Gasteiger partial charge in [0.25, 0.3) is 0 Å². The fourth-order valence-electron chi connectivity index (χ4n) is 3.80. The van der Waals surface area contributed by atoms with Crippen LogP contribution in [0.1, 0.15) is 33.3 Å². The molecule has 5 aromatic rings. The topological polar surface area (TPSA) is 151 Å². The van der Waals surface area contributed by atoms with E-state index in [-0.39, 0.29) is 61.2 Å². The minimum atomic E-state index is -1.04. The number of nitrogens with one attached hydrogen (secondary N) is 1. The third-order valence-corrected chi connectivity index (χ3v) is 6.71. The molecule has 0 atom stereocenters. The number of fused-ring (bicyclic) bond motifs is 2. The van der Waals surface area contributed by atoms with E-state index in [1.807, 2.05) is 32.9 Å². The Kier molecular flexibility index (Phi) is 12.5. The largest absolute Gasteiger partial charge is 0.487 e. The number of ether oxygens (including phenoxy) is 4. The van der Waals surface area contributed by atoms with E-state index >= 15 is 0 Å². The van der Waals surface area contributed by atoms with Crippen LogP contribution in [0.4, 0.5) is 14.9 Å². The van der Waals surface area contributed by atoms with E-state index in [4.69, 9.17) is 18.9 Å². The Morgan fingerprint density at radius 1 is 1.00 bits per heavy atom. The molecule has 0 fully saturated rings. The summed E-state index contributed by atoms with van der Waals surface area (Å²) in [5.74, 6) is -0.173. The Morgan fingerprint density at radius 3 is 2.42 bits per heavy atom. The maximum Gasteiger partial charge on any atom is 0.411 e. The van der Waals surface area contributed by atoms with Crippen LogP contribution in [0, 0.1) is 12.7 Å². The number of aromatic nitrogens is 5. The first kappa shape index (κ1) is 35.5. The van der Waals surface area contributed by atoms with E-state index in [1.165, 1.54) is 36.9 Å². The van der Waals surface area contributed by atoms with Gasteiger partial charge in [-0.15, -0.1) is 35.3 Å². The maximum atomic E-state index is 14.8. The van der Waals surface area contributed by atoms with E-state index in [9.17, 15) is 14.3 Å². The van der Waals surface area contributed by atoms with Crippen molar-refractivity contribution >= 4 is 68.3 Å². The van der Waals surface area contributed by atoms with Crippen LogP contribution in [0.5, 0.6) is 17.6 Å². The highest BCUT2D eigenvalue weighted by molar-refractivity contribution is 14.0. The van der Waals surface area contributed by atoms with Crippen molar-refractivity contribution in [2.45, 2.75) is 40.2 Å². The van der Waals surface area contributed by atoms with Crippen LogP contribution in [-0.2, 0) is 4.74 Å². The molecule has 0 aliphatic heterocycles. The number of rotatable bonds is 10. The second-order valence-corrected chi connectivity index (χ2v) is 10.9. The lowest BCUT2D eigenvalue weighted by atomic mass is 10.1. The van der Waals surface area contributed by atoms with Crippen molar-refractivity contribution in [1.29, 1.82) is 0 Å². The highest BCUT2D eigenvalue weighted by Crippen LogP contribution is 2.37. The summed E-state index contributed by atoms with van der Waals surface area (Å²) < 4.78 is 36.6. The van der Waals surface area contributed by atoms with Gasteiger partial charge in [-0.25, -0.2) is 34.1 Å². The monoisotopic (exact) mass is 752 g/mol. The zero-order valence-electron chi connectivity index (χ0n) is 25.6. The third kappa shape index (κ3) is 9.51. The summed E-state index contributed by atoms with van der Waals surface area (Å²) >= 11 is 1.37. The molecule has 0 aliphatic carbocycles. The van der Waals surface area contributed by atoms with Crippen molar-refractivity contribution in [2.24, 2.45) is 0 Å². The standard InChI is InChI=1S/C28H27FN6O6S.C2H6.HI/c1-15-7-17(24-20(8-15)34-23(38-4)13-30-24)25-35-19-9-18(29)21(10-22(19)42-25)39-5-6-40-27(36)33-16-11-31-26(32-12-16)41-14-28(2,3)37;1-2;/h7-13,37H,5-6,14H2,1-4H3,(H,33,36);1-2H3;1H. The number of carbonyl (C=O) groups is 1. The molecule has 0 aliphatic rings. The van der Waals surface area contributed by atoms with Crippen molar-refractivity contribution in [3.8, 4) is 28.2 Å². The van der Waals surface area contributed by atoms with Gasteiger partial charge >= 0.3 is 12.1 Å². The third-order valence-electron chi connectivity index (χ3n) is 5.65. The maximum absolute atomic E-state index is 14.8. The van der Waals surface area contributed by atoms with Gasteiger partial charge in [0.15, 0.2) is 11.6 Å². The van der Waals surface area contributed by atoms with E-state index in [1.54, 1.807) is 26.1 Å². The number of aryl methyl sites for hydroxylation is 1. The number of aliphatic hydroxyl groups is 1. The minimum absolute atomic E-state index is 0. The number of nitrogens with zero attached hydrogens (tertiary/aromatic N) is 5. The van der Waals surface area contributed by atoms with Crippen molar-refractivity contribution in [1.82, 2.24) is 24.9 Å². The zero-order valence-corrected chi connectivity index (χ0v) is 28.7. The zero-order chi connectivity index (χ0) is 31.9. The van der Waals surface area contributed by atoms with Gasteiger partial charge in [0.05, 0.1) is 58.2 Å². The molecule has 0 bridgehead atoms. The highest BCUT2D eigenvalue weighted by Gasteiger charge is 2.17. The normalized spacial score (nSPS) is 10.8. The molecule has 0 spiro atoms. The van der Waals surface area contributed by atoms with Crippen molar-refractivity contribution < 1.29 is 33.2 Å². The lowest BCUT2D eigenvalue weighted by Gasteiger charge is -2.16. The van der Waals surface area contributed by atoms with Crippen LogP contribution in [-0.4, -0.2) is 68.7 Å². The Labute approximate surface area is 280 Å². The van der Waals surface area contributed by atoms with Crippen molar-refractivity contribution in [3.05, 3.63) is 54.2 Å². The average Bonchev–Trinajstić information content (AvgIpc) is 3.41. The first-order valence-electron chi connectivity index (χ1n) is 13.7. The van der Waals surface area contributed by atoms with E-state index in [0.29, 0.717) is 32.1 Å². The molecule has 5 rings (SSSR count). The lowest BCUT2D eigenvalue weighted by Crippen LogP contribution is -2.28. The first-order valence-corrected chi connectivity index (χ1v) is 14.6. The number of benzene rings is 2. The number of thiazole rings is 1. The fourth-order valence-corrected chi connectivity index (χ4v) is 4.79. The van der Waals surface area contributed by atoms with Crippen LogP contribution < -0.4 is 19.5 Å². The highest BCUT2D eigenvalue weighted by atomic mass is 127. The molecule has 0 saturated carbocycles. The van der Waals surface area contributed by atoms with Crippen LogP contribution in [0.2, 0.25) is 0 Å². The summed E-state index contributed by atoms with van der Waals surface area (Å²) in [7, 11) is 1.53. The molecule has 3 heterocycles. The van der Waals surface area contributed by atoms with Gasteiger partial charge in [-0.1, -0.05) is 13.8 Å². The number of anilines is 1. The summed E-state index contributed by atoms with van der Waals surface area (Å²) in [6.07, 6.45) is 3.45. The van der Waals surface area contributed by atoms with Gasteiger partial charge in [-0.05, 0) is 38.5 Å². The molecular weight excluding hydrogens is 718 g/mol. The number of amides is 1. The molecule has 45 heavy (non-hydrogen) atoms.